The van der Waals surface area contributed by atoms with E-state index < -0.39 is 0 Å². The Morgan fingerprint density at radius 3 is 2.59 bits per heavy atom. The third-order valence-corrected chi connectivity index (χ3v) is 7.04. The van der Waals surface area contributed by atoms with Gasteiger partial charge in [0.15, 0.2) is 0 Å². The largest absolute Gasteiger partial charge is 0.497 e. The predicted octanol–water partition coefficient (Wildman–Crippen LogP) is 3.92. The SMILES string of the molecule is CCN1C(=O)/C(=C2\C(=O)N3c4c2cc(OC)cc4[C@@H](C)CC3(C)C)SC1=S. The van der Waals surface area contributed by atoms with Crippen LogP contribution in [-0.2, 0) is 9.59 Å². The molecule has 0 spiro atoms. The van der Waals surface area contributed by atoms with Gasteiger partial charge in [0.2, 0.25) is 0 Å². The van der Waals surface area contributed by atoms with E-state index in [1.807, 2.05) is 24.0 Å². The van der Waals surface area contributed by atoms with Gasteiger partial charge in [-0.1, -0.05) is 30.9 Å². The van der Waals surface area contributed by atoms with Crippen molar-refractivity contribution in [2.45, 2.75) is 45.6 Å². The summed E-state index contributed by atoms with van der Waals surface area (Å²) in [6.07, 6.45) is 0.849. The van der Waals surface area contributed by atoms with E-state index in [4.69, 9.17) is 17.0 Å². The number of likely N-dealkylation sites (N-methyl/N-ethyl adjacent to an activating group) is 1. The van der Waals surface area contributed by atoms with Crippen LogP contribution in [0.25, 0.3) is 5.57 Å². The van der Waals surface area contributed by atoms with Crippen molar-refractivity contribution in [3.8, 4) is 5.75 Å². The summed E-state index contributed by atoms with van der Waals surface area (Å²) in [4.78, 5) is 30.3. The first-order valence-electron chi connectivity index (χ1n) is 9.06. The maximum absolute atomic E-state index is 13.5. The molecule has 1 atom stereocenters. The minimum absolute atomic E-state index is 0.118. The normalized spacial score (nSPS) is 26.1. The molecule has 0 aromatic heterocycles. The minimum Gasteiger partial charge on any atom is -0.497 e. The topological polar surface area (TPSA) is 49.9 Å². The summed E-state index contributed by atoms with van der Waals surface area (Å²) in [7, 11) is 1.62. The fourth-order valence-corrected chi connectivity index (χ4v) is 5.92. The van der Waals surface area contributed by atoms with Crippen molar-refractivity contribution in [2.24, 2.45) is 0 Å². The molecule has 142 valence electrons. The molecule has 1 aromatic carbocycles. The Morgan fingerprint density at radius 1 is 1.30 bits per heavy atom. The highest BCUT2D eigenvalue weighted by Gasteiger charge is 2.50. The molecule has 0 saturated carbocycles. The zero-order chi connectivity index (χ0) is 19.7. The van der Waals surface area contributed by atoms with Crippen LogP contribution in [0.1, 0.15) is 51.2 Å². The molecule has 27 heavy (non-hydrogen) atoms. The number of hydrogen-bond acceptors (Lipinski definition) is 5. The lowest BCUT2D eigenvalue weighted by Crippen LogP contribution is -2.49. The first-order chi connectivity index (χ1) is 12.7. The first kappa shape index (κ1) is 18.5. The number of thioether (sulfide) groups is 1. The Labute approximate surface area is 168 Å². The Kier molecular flexibility index (Phi) is 4.16. The van der Waals surface area contributed by atoms with Gasteiger partial charge in [-0.2, -0.15) is 0 Å². The van der Waals surface area contributed by atoms with Gasteiger partial charge in [0.25, 0.3) is 11.8 Å². The van der Waals surface area contributed by atoms with Gasteiger partial charge in [0.05, 0.1) is 23.3 Å². The van der Waals surface area contributed by atoms with E-state index in [2.05, 4.69) is 20.8 Å². The number of nitrogens with zero attached hydrogens (tertiary/aromatic N) is 2. The maximum Gasteiger partial charge on any atom is 0.266 e. The van der Waals surface area contributed by atoms with Crippen LogP contribution >= 0.6 is 24.0 Å². The molecule has 1 fully saturated rings. The van der Waals surface area contributed by atoms with Crippen LogP contribution in [-0.4, -0.2) is 40.2 Å². The van der Waals surface area contributed by atoms with Crippen LogP contribution in [0.2, 0.25) is 0 Å². The molecule has 3 heterocycles. The zero-order valence-electron chi connectivity index (χ0n) is 16.1. The van der Waals surface area contributed by atoms with E-state index >= 15 is 0 Å². The number of carbonyl (C=O) groups is 2. The summed E-state index contributed by atoms with van der Waals surface area (Å²) < 4.78 is 6.00. The fourth-order valence-electron chi connectivity index (χ4n) is 4.46. The van der Waals surface area contributed by atoms with Gasteiger partial charge in [-0.05, 0) is 50.8 Å². The molecular weight excluding hydrogens is 380 g/mol. The van der Waals surface area contributed by atoms with Gasteiger partial charge < -0.3 is 9.64 Å². The monoisotopic (exact) mass is 402 g/mol. The number of anilines is 1. The summed E-state index contributed by atoms with van der Waals surface area (Å²) in [6, 6.07) is 3.89. The summed E-state index contributed by atoms with van der Waals surface area (Å²) in [6.45, 7) is 8.72. The van der Waals surface area contributed by atoms with E-state index in [0.29, 0.717) is 27.1 Å². The van der Waals surface area contributed by atoms with Gasteiger partial charge >= 0.3 is 0 Å². The van der Waals surface area contributed by atoms with Gasteiger partial charge in [-0.15, -0.1) is 0 Å². The number of amides is 2. The number of methoxy groups -OCH3 is 1. The van der Waals surface area contributed by atoms with Gasteiger partial charge in [-0.25, -0.2) is 0 Å². The van der Waals surface area contributed by atoms with Crippen LogP contribution in [0, 0.1) is 0 Å². The predicted molar refractivity (Wildman–Crippen MR) is 112 cm³/mol. The van der Waals surface area contributed by atoms with Crippen LogP contribution in [0.5, 0.6) is 5.75 Å². The Hall–Kier alpha value is -1.86. The number of rotatable bonds is 2. The molecule has 3 aliphatic rings. The van der Waals surface area contributed by atoms with Crippen molar-refractivity contribution >= 4 is 51.4 Å². The lowest BCUT2D eigenvalue weighted by Gasteiger charge is -2.43. The summed E-state index contributed by atoms with van der Waals surface area (Å²) in [5.41, 5.74) is 2.93. The average Bonchev–Trinajstić information content (AvgIpc) is 3.05. The summed E-state index contributed by atoms with van der Waals surface area (Å²) in [5.74, 6) is 0.692. The summed E-state index contributed by atoms with van der Waals surface area (Å²) >= 11 is 6.58. The number of carbonyl (C=O) groups excluding carboxylic acids is 2. The zero-order valence-corrected chi connectivity index (χ0v) is 17.7. The Morgan fingerprint density at radius 2 is 2.00 bits per heavy atom. The molecule has 0 unspecified atom stereocenters. The number of hydrogen-bond donors (Lipinski definition) is 0. The smallest absolute Gasteiger partial charge is 0.266 e. The van der Waals surface area contributed by atoms with Crippen LogP contribution < -0.4 is 9.64 Å². The van der Waals surface area contributed by atoms with E-state index in [1.165, 1.54) is 11.8 Å². The van der Waals surface area contributed by atoms with E-state index in [0.717, 1.165) is 23.2 Å². The molecule has 5 nitrogen and oxygen atoms in total. The third-order valence-electron chi connectivity index (χ3n) is 5.59. The van der Waals surface area contributed by atoms with Crippen molar-refractivity contribution in [1.29, 1.82) is 0 Å². The minimum atomic E-state index is -0.327. The van der Waals surface area contributed by atoms with Crippen LogP contribution in [0.15, 0.2) is 17.0 Å². The lowest BCUT2D eigenvalue weighted by molar-refractivity contribution is -0.122. The molecule has 2 amide bonds. The van der Waals surface area contributed by atoms with Gasteiger partial charge in [-0.3, -0.25) is 14.5 Å². The van der Waals surface area contributed by atoms with Crippen LogP contribution in [0.4, 0.5) is 5.69 Å². The lowest BCUT2D eigenvalue weighted by atomic mass is 9.80. The number of benzene rings is 1. The summed E-state index contributed by atoms with van der Waals surface area (Å²) in [5, 5.41) is 0. The second kappa shape index (κ2) is 6.07. The molecular formula is C20H22N2O3S2. The number of thiocarbonyl (C=S) groups is 1. The second-order valence-electron chi connectivity index (χ2n) is 7.79. The highest BCUT2D eigenvalue weighted by atomic mass is 32.2. The van der Waals surface area contributed by atoms with E-state index in [1.54, 1.807) is 12.0 Å². The molecule has 7 heteroatoms. The molecule has 0 bridgehead atoms. The molecule has 1 saturated heterocycles. The van der Waals surface area contributed by atoms with Crippen molar-refractivity contribution in [3.05, 3.63) is 28.2 Å². The molecule has 4 rings (SSSR count). The second-order valence-corrected chi connectivity index (χ2v) is 9.44. The molecule has 0 radical (unpaired) electrons. The average molecular weight is 403 g/mol. The van der Waals surface area contributed by atoms with Crippen LogP contribution in [0.3, 0.4) is 0 Å². The first-order valence-corrected chi connectivity index (χ1v) is 10.3. The number of ether oxygens (including phenoxy) is 1. The maximum atomic E-state index is 13.5. The van der Waals surface area contributed by atoms with E-state index in [9.17, 15) is 9.59 Å². The van der Waals surface area contributed by atoms with E-state index in [-0.39, 0.29) is 23.3 Å². The molecule has 0 aliphatic carbocycles. The van der Waals surface area contributed by atoms with Gasteiger partial charge in [0.1, 0.15) is 10.1 Å². The van der Waals surface area contributed by atoms with Gasteiger partial charge in [0, 0.05) is 17.6 Å². The Balaban J connectivity index is 2.02. The molecule has 0 N–H and O–H groups in total. The quantitative estimate of drug-likeness (QED) is 0.554. The third kappa shape index (κ3) is 2.48. The van der Waals surface area contributed by atoms with Crippen molar-refractivity contribution in [2.75, 3.05) is 18.6 Å². The highest BCUT2D eigenvalue weighted by Crippen LogP contribution is 2.55. The van der Waals surface area contributed by atoms with Crippen molar-refractivity contribution < 1.29 is 14.3 Å². The molecule has 3 aliphatic heterocycles. The Bertz CT molecular complexity index is 935. The highest BCUT2D eigenvalue weighted by molar-refractivity contribution is 8.26. The fraction of sp³-hybridized carbons (Fsp3) is 0.450. The standard InChI is InChI=1S/C20H22N2O3S2/c1-6-21-18(24)16(27-19(21)26)14-13-8-11(25-5)7-12-10(2)9-20(3,4)22(15(12)13)17(14)23/h7-8,10H,6,9H2,1-5H3/b16-14+/t10-/m0/s1. The van der Waals surface area contributed by atoms with Crippen molar-refractivity contribution in [1.82, 2.24) is 4.90 Å². The van der Waals surface area contributed by atoms with Crippen molar-refractivity contribution in [3.63, 3.8) is 0 Å². The molecule has 1 aromatic rings.